The lowest BCUT2D eigenvalue weighted by molar-refractivity contribution is 0.398. The largest absolute Gasteiger partial charge is 0.497 e. The number of methoxy groups -OCH3 is 2. The van der Waals surface area contributed by atoms with Gasteiger partial charge >= 0.3 is 0 Å². The summed E-state index contributed by atoms with van der Waals surface area (Å²) in [7, 11) is 3.22. The van der Waals surface area contributed by atoms with Crippen LogP contribution in [0.1, 0.15) is 0 Å². The lowest BCUT2D eigenvalue weighted by Gasteiger charge is -2.08. The normalized spacial score (nSPS) is 10.3. The number of aromatic nitrogens is 1. The zero-order valence-corrected chi connectivity index (χ0v) is 8.65. The second-order valence-electron chi connectivity index (χ2n) is 3.13. The number of pyridine rings is 1. The molecule has 0 fully saturated rings. The summed E-state index contributed by atoms with van der Waals surface area (Å²) >= 11 is 0. The number of ether oxygens (including phenoxy) is 2. The van der Waals surface area contributed by atoms with Crippen LogP contribution in [0.5, 0.6) is 11.5 Å². The summed E-state index contributed by atoms with van der Waals surface area (Å²) in [5, 5.41) is 0.924. The fraction of sp³-hybridized carbons (Fsp3) is 0.182. The van der Waals surface area contributed by atoms with Crippen LogP contribution < -0.4 is 15.2 Å². The Bertz CT molecular complexity index is 497. The SMILES string of the molecule is COc1cc(OC)c2ccc(N)nc2c1. The molecule has 0 saturated heterocycles. The Hall–Kier alpha value is -1.97. The average Bonchev–Trinajstić information content (AvgIpc) is 2.26. The summed E-state index contributed by atoms with van der Waals surface area (Å²) in [6.45, 7) is 0. The quantitative estimate of drug-likeness (QED) is 0.810. The number of nitrogen functional groups attached to an aromatic ring is 1. The van der Waals surface area contributed by atoms with E-state index in [0.717, 1.165) is 16.7 Å². The van der Waals surface area contributed by atoms with Crippen molar-refractivity contribution in [3.63, 3.8) is 0 Å². The molecule has 2 N–H and O–H groups in total. The monoisotopic (exact) mass is 204 g/mol. The Labute approximate surface area is 87.6 Å². The molecule has 0 spiro atoms. The minimum absolute atomic E-state index is 0.484. The van der Waals surface area contributed by atoms with Gasteiger partial charge in [0.2, 0.25) is 0 Å². The molecule has 2 aromatic rings. The van der Waals surface area contributed by atoms with Gasteiger partial charge in [0.1, 0.15) is 17.3 Å². The highest BCUT2D eigenvalue weighted by Crippen LogP contribution is 2.30. The van der Waals surface area contributed by atoms with E-state index in [1.54, 1.807) is 20.3 Å². The van der Waals surface area contributed by atoms with Gasteiger partial charge in [-0.25, -0.2) is 4.98 Å². The topological polar surface area (TPSA) is 57.4 Å². The van der Waals surface area contributed by atoms with Gasteiger partial charge in [0.25, 0.3) is 0 Å². The Morgan fingerprint density at radius 3 is 2.60 bits per heavy atom. The molecule has 1 aromatic heterocycles. The van der Waals surface area contributed by atoms with Gasteiger partial charge in [0.05, 0.1) is 19.7 Å². The number of hydrogen-bond acceptors (Lipinski definition) is 4. The van der Waals surface area contributed by atoms with E-state index in [4.69, 9.17) is 15.2 Å². The van der Waals surface area contributed by atoms with E-state index in [-0.39, 0.29) is 0 Å². The summed E-state index contributed by atoms with van der Waals surface area (Å²) in [4.78, 5) is 4.21. The summed E-state index contributed by atoms with van der Waals surface area (Å²) in [5.74, 6) is 1.92. The molecule has 4 heteroatoms. The molecule has 2 rings (SSSR count). The standard InChI is InChI=1S/C11H12N2O2/c1-14-7-5-9-8(10(6-7)15-2)3-4-11(12)13-9/h3-6H,1-2H3,(H2,12,13). The molecule has 0 atom stereocenters. The molecule has 0 aliphatic heterocycles. The molecular formula is C11H12N2O2. The summed E-state index contributed by atoms with van der Waals surface area (Å²) in [6, 6.07) is 7.28. The number of rotatable bonds is 2. The van der Waals surface area contributed by atoms with Crippen LogP contribution in [0.15, 0.2) is 24.3 Å². The third-order valence-corrected chi connectivity index (χ3v) is 2.22. The first-order valence-corrected chi connectivity index (χ1v) is 4.53. The fourth-order valence-electron chi connectivity index (χ4n) is 1.48. The van der Waals surface area contributed by atoms with Crippen molar-refractivity contribution in [3.05, 3.63) is 24.3 Å². The Morgan fingerprint density at radius 2 is 1.93 bits per heavy atom. The molecule has 1 aromatic carbocycles. The van der Waals surface area contributed by atoms with Gasteiger partial charge in [0, 0.05) is 17.5 Å². The third kappa shape index (κ3) is 1.66. The summed E-state index contributed by atoms with van der Waals surface area (Å²) in [5.41, 5.74) is 6.38. The van der Waals surface area contributed by atoms with Crippen molar-refractivity contribution >= 4 is 16.7 Å². The Balaban J connectivity index is 2.74. The van der Waals surface area contributed by atoms with Crippen LogP contribution in [0.25, 0.3) is 10.9 Å². The molecule has 4 nitrogen and oxygen atoms in total. The van der Waals surface area contributed by atoms with Crippen LogP contribution in [-0.2, 0) is 0 Å². The second-order valence-corrected chi connectivity index (χ2v) is 3.13. The van der Waals surface area contributed by atoms with Crippen molar-refractivity contribution in [1.82, 2.24) is 4.98 Å². The van der Waals surface area contributed by atoms with Gasteiger partial charge in [-0.05, 0) is 12.1 Å². The highest BCUT2D eigenvalue weighted by atomic mass is 16.5. The van der Waals surface area contributed by atoms with Crippen LogP contribution in [0.2, 0.25) is 0 Å². The van der Waals surface area contributed by atoms with E-state index in [0.29, 0.717) is 11.6 Å². The summed E-state index contributed by atoms with van der Waals surface area (Å²) < 4.78 is 10.4. The predicted molar refractivity (Wildman–Crippen MR) is 59.3 cm³/mol. The minimum Gasteiger partial charge on any atom is -0.497 e. The van der Waals surface area contributed by atoms with E-state index < -0.39 is 0 Å². The van der Waals surface area contributed by atoms with E-state index in [1.165, 1.54) is 0 Å². The van der Waals surface area contributed by atoms with Crippen molar-refractivity contribution < 1.29 is 9.47 Å². The molecule has 0 amide bonds. The highest BCUT2D eigenvalue weighted by molar-refractivity contribution is 5.87. The van der Waals surface area contributed by atoms with Crippen LogP contribution in [0.4, 0.5) is 5.82 Å². The van der Waals surface area contributed by atoms with Crippen molar-refractivity contribution in [2.45, 2.75) is 0 Å². The minimum atomic E-state index is 0.484. The van der Waals surface area contributed by atoms with E-state index >= 15 is 0 Å². The number of benzene rings is 1. The molecule has 15 heavy (non-hydrogen) atoms. The van der Waals surface area contributed by atoms with Crippen LogP contribution in [0, 0.1) is 0 Å². The average molecular weight is 204 g/mol. The van der Waals surface area contributed by atoms with Gasteiger partial charge in [0.15, 0.2) is 0 Å². The van der Waals surface area contributed by atoms with E-state index in [2.05, 4.69) is 4.98 Å². The maximum absolute atomic E-state index is 5.61. The summed E-state index contributed by atoms with van der Waals surface area (Å²) in [6.07, 6.45) is 0. The fourth-order valence-corrected chi connectivity index (χ4v) is 1.48. The van der Waals surface area contributed by atoms with Gasteiger partial charge in [-0.3, -0.25) is 0 Å². The van der Waals surface area contributed by atoms with Gasteiger partial charge in [-0.2, -0.15) is 0 Å². The number of hydrogen-bond donors (Lipinski definition) is 1. The van der Waals surface area contributed by atoms with Crippen molar-refractivity contribution in [2.24, 2.45) is 0 Å². The number of fused-ring (bicyclic) bond motifs is 1. The molecular weight excluding hydrogens is 192 g/mol. The maximum Gasteiger partial charge on any atom is 0.131 e. The van der Waals surface area contributed by atoms with Crippen molar-refractivity contribution in [2.75, 3.05) is 20.0 Å². The zero-order chi connectivity index (χ0) is 10.8. The Morgan fingerprint density at radius 1 is 1.13 bits per heavy atom. The molecule has 0 bridgehead atoms. The molecule has 0 aliphatic carbocycles. The number of nitrogens with zero attached hydrogens (tertiary/aromatic N) is 1. The first kappa shape index (κ1) is 9.58. The predicted octanol–water partition coefficient (Wildman–Crippen LogP) is 1.83. The van der Waals surface area contributed by atoms with Crippen LogP contribution >= 0.6 is 0 Å². The van der Waals surface area contributed by atoms with Gasteiger partial charge < -0.3 is 15.2 Å². The first-order valence-electron chi connectivity index (χ1n) is 4.53. The van der Waals surface area contributed by atoms with Crippen LogP contribution in [0.3, 0.4) is 0 Å². The van der Waals surface area contributed by atoms with E-state index in [1.807, 2.05) is 18.2 Å². The first-order chi connectivity index (χ1) is 7.24. The maximum atomic E-state index is 5.61. The number of anilines is 1. The lowest BCUT2D eigenvalue weighted by Crippen LogP contribution is -1.93. The lowest BCUT2D eigenvalue weighted by atomic mass is 10.2. The van der Waals surface area contributed by atoms with Crippen molar-refractivity contribution in [1.29, 1.82) is 0 Å². The van der Waals surface area contributed by atoms with Crippen LogP contribution in [-0.4, -0.2) is 19.2 Å². The highest BCUT2D eigenvalue weighted by Gasteiger charge is 2.05. The van der Waals surface area contributed by atoms with Crippen molar-refractivity contribution in [3.8, 4) is 11.5 Å². The number of nitrogens with two attached hydrogens (primary N) is 1. The molecule has 0 aliphatic rings. The van der Waals surface area contributed by atoms with Gasteiger partial charge in [-0.1, -0.05) is 0 Å². The molecule has 0 radical (unpaired) electrons. The second kappa shape index (κ2) is 3.65. The molecule has 1 heterocycles. The molecule has 0 unspecified atom stereocenters. The Kier molecular flexibility index (Phi) is 2.33. The molecule has 78 valence electrons. The zero-order valence-electron chi connectivity index (χ0n) is 8.65. The molecule has 0 saturated carbocycles. The van der Waals surface area contributed by atoms with E-state index in [9.17, 15) is 0 Å². The third-order valence-electron chi connectivity index (χ3n) is 2.22. The van der Waals surface area contributed by atoms with Gasteiger partial charge in [-0.15, -0.1) is 0 Å². The smallest absolute Gasteiger partial charge is 0.131 e.